The number of urea groups is 1. The summed E-state index contributed by atoms with van der Waals surface area (Å²) in [5.41, 5.74) is 1.09. The first kappa shape index (κ1) is 15.9. The molecule has 2 rings (SSSR count). The van der Waals surface area contributed by atoms with Crippen LogP contribution in [0.25, 0.3) is 0 Å². The number of anilines is 1. The average Bonchev–Trinajstić information content (AvgIpc) is 2.50. The van der Waals surface area contributed by atoms with Crippen molar-refractivity contribution in [2.45, 2.75) is 12.5 Å². The van der Waals surface area contributed by atoms with Gasteiger partial charge in [-0.3, -0.25) is 0 Å². The van der Waals surface area contributed by atoms with Gasteiger partial charge < -0.3 is 15.7 Å². The summed E-state index contributed by atoms with van der Waals surface area (Å²) < 4.78 is 25.8. The Morgan fingerprint density at radius 2 is 1.82 bits per heavy atom. The third kappa shape index (κ3) is 4.82. The molecule has 1 atom stereocenters. The van der Waals surface area contributed by atoms with E-state index in [9.17, 15) is 18.7 Å². The molecule has 4 nitrogen and oxygen atoms in total. The molecule has 0 aliphatic heterocycles. The molecule has 2 amide bonds. The van der Waals surface area contributed by atoms with Gasteiger partial charge in [0.25, 0.3) is 0 Å². The molecule has 0 bridgehead atoms. The first-order valence-corrected chi connectivity index (χ1v) is 6.76. The quantitative estimate of drug-likeness (QED) is 0.795. The number of amides is 2. The van der Waals surface area contributed by atoms with Crippen molar-refractivity contribution in [2.24, 2.45) is 0 Å². The zero-order chi connectivity index (χ0) is 15.9. The molecular formula is C16H16F2N2O2. The molecule has 116 valence electrons. The minimum Gasteiger partial charge on any atom is -0.391 e. The van der Waals surface area contributed by atoms with Crippen molar-refractivity contribution >= 4 is 11.7 Å². The van der Waals surface area contributed by atoms with Gasteiger partial charge in [0.2, 0.25) is 0 Å². The summed E-state index contributed by atoms with van der Waals surface area (Å²) in [5.74, 6) is -2.02. The van der Waals surface area contributed by atoms with Crippen molar-refractivity contribution in [2.75, 3.05) is 11.9 Å². The van der Waals surface area contributed by atoms with Gasteiger partial charge in [0.15, 0.2) is 11.6 Å². The van der Waals surface area contributed by atoms with E-state index in [2.05, 4.69) is 10.6 Å². The number of aliphatic hydroxyl groups excluding tert-OH is 1. The maximum atomic E-state index is 13.0. The molecule has 2 aromatic carbocycles. The summed E-state index contributed by atoms with van der Waals surface area (Å²) in [5, 5.41) is 14.7. The summed E-state index contributed by atoms with van der Waals surface area (Å²) in [4.78, 5) is 11.6. The molecule has 0 saturated heterocycles. The van der Waals surface area contributed by atoms with E-state index in [1.165, 1.54) is 6.07 Å². The van der Waals surface area contributed by atoms with Gasteiger partial charge in [-0.25, -0.2) is 13.6 Å². The summed E-state index contributed by atoms with van der Waals surface area (Å²) in [6, 6.07) is 11.8. The molecule has 0 aromatic heterocycles. The topological polar surface area (TPSA) is 61.4 Å². The van der Waals surface area contributed by atoms with Crippen LogP contribution in [0, 0.1) is 11.6 Å². The molecule has 0 fully saturated rings. The number of benzene rings is 2. The summed E-state index contributed by atoms with van der Waals surface area (Å²) in [6.45, 7) is 0.0460. The molecule has 2 aromatic rings. The normalized spacial score (nSPS) is 11.8. The van der Waals surface area contributed by atoms with E-state index in [4.69, 9.17) is 0 Å². The van der Waals surface area contributed by atoms with Gasteiger partial charge in [0, 0.05) is 24.7 Å². The largest absolute Gasteiger partial charge is 0.391 e. The fourth-order valence-electron chi connectivity index (χ4n) is 1.92. The molecular weight excluding hydrogens is 290 g/mol. The van der Waals surface area contributed by atoms with E-state index in [0.29, 0.717) is 6.42 Å². The number of halogens is 2. The highest BCUT2D eigenvalue weighted by Crippen LogP contribution is 2.12. The minimum absolute atomic E-state index is 0.0460. The van der Waals surface area contributed by atoms with Gasteiger partial charge in [-0.1, -0.05) is 30.3 Å². The van der Waals surface area contributed by atoms with Gasteiger partial charge >= 0.3 is 6.03 Å². The Hall–Kier alpha value is -2.47. The van der Waals surface area contributed by atoms with E-state index in [-0.39, 0.29) is 12.2 Å². The highest BCUT2D eigenvalue weighted by Gasteiger charge is 2.09. The number of nitrogens with one attached hydrogen (secondary N) is 2. The minimum atomic E-state index is -1.04. The first-order chi connectivity index (χ1) is 10.5. The van der Waals surface area contributed by atoms with E-state index >= 15 is 0 Å². The molecule has 0 radical (unpaired) electrons. The van der Waals surface area contributed by atoms with Crippen molar-refractivity contribution < 1.29 is 18.7 Å². The third-order valence-corrected chi connectivity index (χ3v) is 2.99. The van der Waals surface area contributed by atoms with Crippen LogP contribution in [0.2, 0.25) is 0 Å². The molecule has 0 heterocycles. The highest BCUT2D eigenvalue weighted by atomic mass is 19.2. The number of rotatable bonds is 5. The fourth-order valence-corrected chi connectivity index (χ4v) is 1.92. The van der Waals surface area contributed by atoms with Crippen LogP contribution in [0.5, 0.6) is 0 Å². The lowest BCUT2D eigenvalue weighted by Gasteiger charge is -2.13. The molecule has 0 spiro atoms. The zero-order valence-electron chi connectivity index (χ0n) is 11.7. The molecule has 1 unspecified atom stereocenters. The van der Waals surface area contributed by atoms with Crippen LogP contribution in [-0.2, 0) is 6.42 Å². The number of hydrogen-bond acceptors (Lipinski definition) is 2. The molecule has 6 heteroatoms. The highest BCUT2D eigenvalue weighted by molar-refractivity contribution is 5.89. The average molecular weight is 306 g/mol. The Morgan fingerprint density at radius 3 is 2.50 bits per heavy atom. The number of carbonyl (C=O) groups is 1. The molecule has 22 heavy (non-hydrogen) atoms. The monoisotopic (exact) mass is 306 g/mol. The lowest BCUT2D eigenvalue weighted by atomic mass is 10.1. The maximum absolute atomic E-state index is 13.0. The summed E-state index contributed by atoms with van der Waals surface area (Å²) in [7, 11) is 0. The Morgan fingerprint density at radius 1 is 1.09 bits per heavy atom. The Bertz CT molecular complexity index is 635. The Kier molecular flexibility index (Phi) is 5.43. The van der Waals surface area contributed by atoms with Crippen LogP contribution < -0.4 is 10.6 Å². The third-order valence-electron chi connectivity index (χ3n) is 2.99. The summed E-state index contributed by atoms with van der Waals surface area (Å²) in [6.07, 6.45) is -0.329. The second-order valence-electron chi connectivity index (χ2n) is 4.81. The SMILES string of the molecule is O=C(NCC(O)Cc1ccccc1)Nc1ccc(F)c(F)c1. The zero-order valence-corrected chi connectivity index (χ0v) is 11.7. The van der Waals surface area contributed by atoms with Gasteiger partial charge in [-0.2, -0.15) is 0 Å². The van der Waals surface area contributed by atoms with Crippen molar-refractivity contribution in [1.29, 1.82) is 0 Å². The van der Waals surface area contributed by atoms with Gasteiger partial charge in [-0.05, 0) is 17.7 Å². The molecule has 0 aliphatic rings. The van der Waals surface area contributed by atoms with Crippen LogP contribution in [0.4, 0.5) is 19.3 Å². The number of carbonyl (C=O) groups excluding carboxylic acids is 1. The Labute approximate surface area is 126 Å². The van der Waals surface area contributed by atoms with Gasteiger partial charge in [0.1, 0.15) is 0 Å². The van der Waals surface area contributed by atoms with Crippen LogP contribution in [0.3, 0.4) is 0 Å². The van der Waals surface area contributed by atoms with Crippen molar-refractivity contribution in [3.8, 4) is 0 Å². The predicted molar refractivity (Wildman–Crippen MR) is 79.5 cm³/mol. The second kappa shape index (κ2) is 7.51. The predicted octanol–water partition coefficient (Wildman–Crippen LogP) is 2.69. The first-order valence-electron chi connectivity index (χ1n) is 6.76. The standard InChI is InChI=1S/C16H16F2N2O2/c17-14-7-6-12(9-15(14)18)20-16(22)19-10-13(21)8-11-4-2-1-3-5-11/h1-7,9,13,21H,8,10H2,(H2,19,20,22). The van der Waals surface area contributed by atoms with Crippen LogP contribution in [0.1, 0.15) is 5.56 Å². The number of aliphatic hydroxyl groups is 1. The lowest BCUT2D eigenvalue weighted by molar-refractivity contribution is 0.172. The van der Waals surface area contributed by atoms with Crippen LogP contribution in [0.15, 0.2) is 48.5 Å². The number of hydrogen-bond donors (Lipinski definition) is 3. The fraction of sp³-hybridized carbons (Fsp3) is 0.188. The smallest absolute Gasteiger partial charge is 0.319 e. The van der Waals surface area contributed by atoms with Crippen molar-refractivity contribution in [1.82, 2.24) is 5.32 Å². The van der Waals surface area contributed by atoms with Crippen LogP contribution in [-0.4, -0.2) is 23.8 Å². The van der Waals surface area contributed by atoms with E-state index in [1.54, 1.807) is 0 Å². The second-order valence-corrected chi connectivity index (χ2v) is 4.81. The lowest BCUT2D eigenvalue weighted by Crippen LogP contribution is -2.36. The molecule has 0 aliphatic carbocycles. The molecule has 3 N–H and O–H groups in total. The maximum Gasteiger partial charge on any atom is 0.319 e. The van der Waals surface area contributed by atoms with E-state index in [0.717, 1.165) is 17.7 Å². The van der Waals surface area contributed by atoms with Crippen molar-refractivity contribution in [3.63, 3.8) is 0 Å². The summed E-state index contributed by atoms with van der Waals surface area (Å²) >= 11 is 0. The van der Waals surface area contributed by atoms with Gasteiger partial charge in [0.05, 0.1) is 6.10 Å². The van der Waals surface area contributed by atoms with Gasteiger partial charge in [-0.15, -0.1) is 0 Å². The Balaban J connectivity index is 1.78. The van der Waals surface area contributed by atoms with E-state index in [1.807, 2.05) is 30.3 Å². The van der Waals surface area contributed by atoms with Crippen molar-refractivity contribution in [3.05, 3.63) is 65.7 Å². The molecule has 0 saturated carbocycles. The van der Waals surface area contributed by atoms with Crippen LogP contribution >= 0.6 is 0 Å². The van der Waals surface area contributed by atoms with E-state index < -0.39 is 23.8 Å².